The average molecular weight is 249 g/mol. The second-order valence-corrected chi connectivity index (χ2v) is 4.31. The van der Waals surface area contributed by atoms with Crippen LogP contribution in [0.15, 0.2) is 36.1 Å². The van der Waals surface area contributed by atoms with E-state index in [0.717, 1.165) is 4.88 Å². The van der Waals surface area contributed by atoms with Crippen molar-refractivity contribution in [1.29, 1.82) is 0 Å². The quantitative estimate of drug-likeness (QED) is 0.847. The molecule has 0 saturated heterocycles. The maximum atomic E-state index is 11.6. The van der Waals surface area contributed by atoms with Gasteiger partial charge in [0.05, 0.1) is 6.20 Å². The zero-order chi connectivity index (χ0) is 12.1. The van der Waals surface area contributed by atoms with Crippen LogP contribution in [0.5, 0.6) is 0 Å². The monoisotopic (exact) mass is 249 g/mol. The highest BCUT2D eigenvalue weighted by Crippen LogP contribution is 2.17. The van der Waals surface area contributed by atoms with Crippen molar-refractivity contribution in [3.05, 3.63) is 46.7 Å². The smallest absolute Gasteiger partial charge is 0.271 e. The number of thiophene rings is 1. The first-order valence-electron chi connectivity index (χ1n) is 5.03. The number of rotatable bonds is 4. The molecule has 0 fully saturated rings. The van der Waals surface area contributed by atoms with Crippen molar-refractivity contribution in [1.82, 2.24) is 15.3 Å². The predicted molar refractivity (Wildman–Crippen MR) is 63.6 cm³/mol. The number of aliphatic hydroxyl groups is 1. The lowest BCUT2D eigenvalue weighted by Gasteiger charge is -2.09. The van der Waals surface area contributed by atoms with Crippen LogP contribution in [0.1, 0.15) is 21.5 Å². The van der Waals surface area contributed by atoms with Gasteiger partial charge in [0.15, 0.2) is 0 Å². The molecule has 0 spiro atoms. The summed E-state index contributed by atoms with van der Waals surface area (Å²) in [5, 5.41) is 14.2. The molecule has 0 saturated carbocycles. The first kappa shape index (κ1) is 11.7. The van der Waals surface area contributed by atoms with E-state index in [2.05, 4.69) is 15.3 Å². The fourth-order valence-corrected chi connectivity index (χ4v) is 1.99. The van der Waals surface area contributed by atoms with Crippen LogP contribution in [0.3, 0.4) is 0 Å². The third-order valence-electron chi connectivity index (χ3n) is 2.12. The number of carbonyl (C=O) groups excluding carboxylic acids is 1. The molecule has 5 nitrogen and oxygen atoms in total. The molecular weight excluding hydrogens is 238 g/mol. The molecule has 2 rings (SSSR count). The molecule has 88 valence electrons. The van der Waals surface area contributed by atoms with Crippen LogP contribution in [0.4, 0.5) is 0 Å². The van der Waals surface area contributed by atoms with Crippen molar-refractivity contribution in [3.8, 4) is 0 Å². The molecule has 0 aliphatic carbocycles. The van der Waals surface area contributed by atoms with Gasteiger partial charge in [-0.15, -0.1) is 11.3 Å². The molecule has 0 aliphatic rings. The van der Waals surface area contributed by atoms with Crippen molar-refractivity contribution in [3.63, 3.8) is 0 Å². The third-order valence-corrected chi connectivity index (χ3v) is 3.10. The summed E-state index contributed by atoms with van der Waals surface area (Å²) in [6.07, 6.45) is 3.64. The second-order valence-electron chi connectivity index (χ2n) is 3.33. The number of nitrogens with zero attached hydrogens (tertiary/aromatic N) is 2. The number of aliphatic hydroxyl groups excluding tert-OH is 1. The van der Waals surface area contributed by atoms with E-state index in [-0.39, 0.29) is 18.1 Å². The molecule has 17 heavy (non-hydrogen) atoms. The molecule has 2 N–H and O–H groups in total. The summed E-state index contributed by atoms with van der Waals surface area (Å²) in [7, 11) is 0. The maximum Gasteiger partial charge on any atom is 0.271 e. The van der Waals surface area contributed by atoms with Gasteiger partial charge in [0, 0.05) is 23.8 Å². The highest BCUT2D eigenvalue weighted by molar-refractivity contribution is 7.10. The summed E-state index contributed by atoms with van der Waals surface area (Å²) >= 11 is 1.45. The third kappa shape index (κ3) is 3.08. The van der Waals surface area contributed by atoms with Gasteiger partial charge >= 0.3 is 0 Å². The number of amides is 1. The summed E-state index contributed by atoms with van der Waals surface area (Å²) in [6.45, 7) is 0.163. The number of hydrogen-bond donors (Lipinski definition) is 2. The van der Waals surface area contributed by atoms with Crippen molar-refractivity contribution < 1.29 is 9.90 Å². The maximum absolute atomic E-state index is 11.6. The first-order chi connectivity index (χ1) is 8.27. The van der Waals surface area contributed by atoms with Crippen molar-refractivity contribution in [2.75, 3.05) is 6.54 Å². The van der Waals surface area contributed by atoms with E-state index >= 15 is 0 Å². The van der Waals surface area contributed by atoms with Gasteiger partial charge in [-0.1, -0.05) is 6.07 Å². The van der Waals surface area contributed by atoms with Gasteiger partial charge in [0.1, 0.15) is 11.8 Å². The summed E-state index contributed by atoms with van der Waals surface area (Å²) in [5.74, 6) is -0.339. The number of aromatic nitrogens is 2. The van der Waals surface area contributed by atoms with Gasteiger partial charge in [0.2, 0.25) is 0 Å². The van der Waals surface area contributed by atoms with Crippen LogP contribution in [0, 0.1) is 0 Å². The molecule has 0 aromatic carbocycles. The largest absolute Gasteiger partial charge is 0.386 e. The van der Waals surface area contributed by atoms with Crippen LogP contribution in [-0.2, 0) is 0 Å². The van der Waals surface area contributed by atoms with E-state index in [1.54, 1.807) is 0 Å². The van der Waals surface area contributed by atoms with Gasteiger partial charge < -0.3 is 10.4 Å². The Morgan fingerprint density at radius 2 is 2.41 bits per heavy atom. The molecular formula is C11H11N3O2S. The average Bonchev–Trinajstić information content (AvgIpc) is 2.90. The lowest BCUT2D eigenvalue weighted by Crippen LogP contribution is -2.28. The highest BCUT2D eigenvalue weighted by Gasteiger charge is 2.12. The van der Waals surface area contributed by atoms with E-state index in [1.807, 2.05) is 17.5 Å². The molecule has 0 radical (unpaired) electrons. The normalized spacial score (nSPS) is 12.1. The van der Waals surface area contributed by atoms with Crippen LogP contribution >= 0.6 is 11.3 Å². The van der Waals surface area contributed by atoms with Gasteiger partial charge in [-0.25, -0.2) is 4.98 Å². The van der Waals surface area contributed by atoms with E-state index in [0.29, 0.717) is 0 Å². The molecule has 6 heteroatoms. The van der Waals surface area contributed by atoms with Crippen LogP contribution in [-0.4, -0.2) is 27.5 Å². The lowest BCUT2D eigenvalue weighted by atomic mass is 10.3. The fourth-order valence-electron chi connectivity index (χ4n) is 1.28. The number of nitrogens with one attached hydrogen (secondary N) is 1. The van der Waals surface area contributed by atoms with E-state index < -0.39 is 6.10 Å². The zero-order valence-corrected chi connectivity index (χ0v) is 9.72. The summed E-state index contributed by atoms with van der Waals surface area (Å²) < 4.78 is 0. The number of hydrogen-bond acceptors (Lipinski definition) is 5. The van der Waals surface area contributed by atoms with Crippen molar-refractivity contribution in [2.24, 2.45) is 0 Å². The summed E-state index contributed by atoms with van der Waals surface area (Å²) in [5.41, 5.74) is 0.242. The van der Waals surface area contributed by atoms with Gasteiger partial charge in [-0.2, -0.15) is 0 Å². The van der Waals surface area contributed by atoms with Crippen molar-refractivity contribution >= 4 is 17.2 Å². The summed E-state index contributed by atoms with van der Waals surface area (Å²) in [6, 6.07) is 3.68. The SMILES string of the molecule is O=C(NC[C@H](O)c1cccs1)c1cnccn1. The second kappa shape index (κ2) is 5.51. The number of carbonyl (C=O) groups is 1. The Kier molecular flexibility index (Phi) is 3.79. The fraction of sp³-hybridized carbons (Fsp3) is 0.182. The molecule has 2 aromatic heterocycles. The molecule has 0 unspecified atom stereocenters. The minimum Gasteiger partial charge on any atom is -0.386 e. The Hall–Kier alpha value is -1.79. The van der Waals surface area contributed by atoms with Gasteiger partial charge in [-0.05, 0) is 11.4 Å². The summed E-state index contributed by atoms with van der Waals surface area (Å²) in [4.78, 5) is 20.1. The zero-order valence-electron chi connectivity index (χ0n) is 8.91. The van der Waals surface area contributed by atoms with Crippen LogP contribution in [0.25, 0.3) is 0 Å². The van der Waals surface area contributed by atoms with E-state index in [1.165, 1.54) is 29.9 Å². The van der Waals surface area contributed by atoms with Crippen LogP contribution < -0.4 is 5.32 Å². The van der Waals surface area contributed by atoms with Gasteiger partial charge in [0.25, 0.3) is 5.91 Å². The van der Waals surface area contributed by atoms with Gasteiger partial charge in [-0.3, -0.25) is 9.78 Å². The Bertz CT molecular complexity index is 473. The van der Waals surface area contributed by atoms with Crippen LogP contribution in [0.2, 0.25) is 0 Å². The van der Waals surface area contributed by atoms with Crippen molar-refractivity contribution in [2.45, 2.75) is 6.10 Å². The topological polar surface area (TPSA) is 75.1 Å². The molecule has 0 bridgehead atoms. The Morgan fingerprint density at radius 1 is 1.53 bits per heavy atom. The molecule has 1 amide bonds. The first-order valence-corrected chi connectivity index (χ1v) is 5.91. The Balaban J connectivity index is 1.89. The standard InChI is InChI=1S/C11H11N3O2S/c15-9(10-2-1-5-17-10)7-14-11(16)8-6-12-3-4-13-8/h1-6,9,15H,7H2,(H,14,16)/t9-/m0/s1. The molecule has 2 aromatic rings. The molecule has 0 aliphatic heterocycles. The molecule has 1 atom stereocenters. The van der Waals surface area contributed by atoms with E-state index in [9.17, 15) is 9.90 Å². The van der Waals surface area contributed by atoms with E-state index in [4.69, 9.17) is 0 Å². The minimum atomic E-state index is -0.685. The highest BCUT2D eigenvalue weighted by atomic mass is 32.1. The molecule has 2 heterocycles. The minimum absolute atomic E-state index is 0.163. The Labute approximate surface area is 102 Å². The predicted octanol–water partition coefficient (Wildman–Crippen LogP) is 1.00. The Morgan fingerprint density at radius 3 is 3.06 bits per heavy atom. The lowest BCUT2D eigenvalue weighted by molar-refractivity contribution is 0.0912.